The lowest BCUT2D eigenvalue weighted by Crippen LogP contribution is -1.88. The van der Waals surface area contributed by atoms with Gasteiger partial charge in [0, 0.05) is 39.4 Å². The molecule has 0 bridgehead atoms. The molecule has 1 aromatic heterocycles. The molecule has 0 fully saturated rings. The standard InChI is InChI=1S/C30H20O4S/c31-20-9-13-22(14-10-20)33-24-17-25(34-23-15-11-21(32)12-16-23)19-26(18-24)35-29-7-3-1-5-27(29)28-6-2-4-8-30(28)35/h1-19H,(H-,31,32)/p+1. The predicted molar refractivity (Wildman–Crippen MR) is 142 cm³/mol. The van der Waals surface area contributed by atoms with E-state index in [1.54, 1.807) is 48.5 Å². The third kappa shape index (κ3) is 4.14. The van der Waals surface area contributed by atoms with Crippen molar-refractivity contribution in [3.05, 3.63) is 115 Å². The minimum absolute atomic E-state index is 0.183. The Morgan fingerprint density at radius 1 is 0.457 bits per heavy atom. The highest BCUT2D eigenvalue weighted by molar-refractivity contribution is 7.50. The molecule has 6 rings (SSSR count). The molecule has 0 saturated heterocycles. The van der Waals surface area contributed by atoms with Gasteiger partial charge < -0.3 is 19.7 Å². The molecule has 0 radical (unpaired) electrons. The van der Waals surface area contributed by atoms with Crippen molar-refractivity contribution in [3.63, 3.8) is 0 Å². The second-order valence-electron chi connectivity index (χ2n) is 8.13. The molecule has 6 aromatic rings. The van der Waals surface area contributed by atoms with E-state index in [2.05, 4.69) is 60.7 Å². The van der Waals surface area contributed by atoms with Crippen molar-refractivity contribution in [2.45, 2.75) is 0 Å². The molecule has 5 aromatic carbocycles. The fourth-order valence-corrected chi connectivity index (χ4v) is 6.63. The van der Waals surface area contributed by atoms with Gasteiger partial charge in [0.1, 0.15) is 34.5 Å². The van der Waals surface area contributed by atoms with Crippen molar-refractivity contribution in [3.8, 4) is 39.4 Å². The van der Waals surface area contributed by atoms with Gasteiger partial charge in [-0.05, 0) is 72.8 Å². The fourth-order valence-electron chi connectivity index (χ4n) is 4.19. The van der Waals surface area contributed by atoms with Crippen LogP contribution in [0.1, 0.15) is 0 Å². The number of phenolic OH excluding ortho intramolecular Hbond substituents is 2. The van der Waals surface area contributed by atoms with Crippen LogP contribution in [0.3, 0.4) is 0 Å². The van der Waals surface area contributed by atoms with Crippen LogP contribution < -0.4 is 9.47 Å². The van der Waals surface area contributed by atoms with E-state index in [4.69, 9.17) is 9.47 Å². The van der Waals surface area contributed by atoms with E-state index in [0.29, 0.717) is 23.0 Å². The number of thiophene rings is 1. The monoisotopic (exact) mass is 477 g/mol. The molecular formula is C30H21O4S+. The first-order valence-electron chi connectivity index (χ1n) is 11.2. The number of ether oxygens (including phenoxy) is 2. The lowest BCUT2D eigenvalue weighted by atomic mass is 10.2. The van der Waals surface area contributed by atoms with Gasteiger partial charge in [0.25, 0.3) is 0 Å². The van der Waals surface area contributed by atoms with Gasteiger partial charge in [-0.15, -0.1) is 0 Å². The van der Waals surface area contributed by atoms with Gasteiger partial charge >= 0.3 is 0 Å². The van der Waals surface area contributed by atoms with Crippen molar-refractivity contribution < 1.29 is 19.7 Å². The van der Waals surface area contributed by atoms with Crippen molar-refractivity contribution in [2.24, 2.45) is 0 Å². The lowest BCUT2D eigenvalue weighted by Gasteiger charge is -2.10. The second-order valence-corrected chi connectivity index (χ2v) is 10.1. The summed E-state index contributed by atoms with van der Waals surface area (Å²) in [5, 5.41) is 21.8. The third-order valence-electron chi connectivity index (χ3n) is 5.74. The van der Waals surface area contributed by atoms with Crippen LogP contribution in [0.4, 0.5) is 0 Å². The number of aromatic hydroxyl groups is 2. The maximum atomic E-state index is 9.63. The highest BCUT2D eigenvalue weighted by Gasteiger charge is 2.24. The van der Waals surface area contributed by atoms with Gasteiger partial charge in [-0.2, -0.15) is 0 Å². The second kappa shape index (κ2) is 8.70. The molecule has 0 aliphatic carbocycles. The predicted octanol–water partition coefficient (Wildman–Crippen LogP) is 8.73. The van der Waals surface area contributed by atoms with E-state index >= 15 is 0 Å². The number of fused-ring (bicyclic) bond motifs is 3. The van der Waals surface area contributed by atoms with Crippen LogP contribution >= 0.6 is 10.5 Å². The molecule has 35 heavy (non-hydrogen) atoms. The summed E-state index contributed by atoms with van der Waals surface area (Å²) in [5.41, 5.74) is 0. The van der Waals surface area contributed by atoms with Crippen LogP contribution in [0, 0.1) is 0 Å². The van der Waals surface area contributed by atoms with Crippen molar-refractivity contribution in [1.82, 2.24) is 0 Å². The number of phenols is 2. The van der Waals surface area contributed by atoms with Gasteiger partial charge in [0.05, 0.1) is 0 Å². The zero-order chi connectivity index (χ0) is 23.8. The zero-order valence-electron chi connectivity index (χ0n) is 18.6. The summed E-state index contributed by atoms with van der Waals surface area (Å²) in [5.74, 6) is 2.87. The highest BCUT2D eigenvalue weighted by Crippen LogP contribution is 2.50. The van der Waals surface area contributed by atoms with E-state index in [1.807, 2.05) is 6.07 Å². The summed E-state index contributed by atoms with van der Waals surface area (Å²) >= 11 is 0. The zero-order valence-corrected chi connectivity index (χ0v) is 19.4. The van der Waals surface area contributed by atoms with E-state index in [9.17, 15) is 10.2 Å². The first-order valence-corrected chi connectivity index (χ1v) is 12.4. The van der Waals surface area contributed by atoms with E-state index < -0.39 is 0 Å². The molecule has 0 spiro atoms. The Labute approximate surface area is 204 Å². The summed E-state index contributed by atoms with van der Waals surface area (Å²) in [6.45, 7) is 0. The number of hydrogen-bond donors (Lipinski definition) is 2. The summed E-state index contributed by atoms with van der Waals surface area (Å²) in [7, 11) is -0.324. The molecule has 0 amide bonds. The molecule has 0 atom stereocenters. The van der Waals surface area contributed by atoms with Crippen LogP contribution in [0.5, 0.6) is 34.5 Å². The van der Waals surface area contributed by atoms with Crippen LogP contribution in [0.2, 0.25) is 0 Å². The van der Waals surface area contributed by atoms with Crippen LogP contribution in [-0.4, -0.2) is 10.2 Å². The van der Waals surface area contributed by atoms with Gasteiger partial charge in [-0.3, -0.25) is 0 Å². The smallest absolute Gasteiger partial charge is 0.187 e. The van der Waals surface area contributed by atoms with Crippen molar-refractivity contribution in [2.75, 3.05) is 0 Å². The number of benzene rings is 5. The normalized spacial score (nSPS) is 11.1. The maximum Gasteiger partial charge on any atom is 0.187 e. The Morgan fingerprint density at radius 2 is 0.886 bits per heavy atom. The molecule has 170 valence electrons. The Kier molecular flexibility index (Phi) is 5.24. The molecule has 0 saturated carbocycles. The van der Waals surface area contributed by atoms with Gasteiger partial charge in [-0.25, -0.2) is 0 Å². The van der Waals surface area contributed by atoms with Crippen LogP contribution in [0.15, 0.2) is 115 Å². The topological polar surface area (TPSA) is 58.9 Å². The summed E-state index contributed by atoms with van der Waals surface area (Å²) in [4.78, 5) is 1.08. The van der Waals surface area contributed by atoms with Crippen LogP contribution in [-0.2, 0) is 0 Å². The average molecular weight is 478 g/mol. The Hall–Kier alpha value is -4.48. The summed E-state index contributed by atoms with van der Waals surface area (Å²) in [6, 6.07) is 36.3. The first-order chi connectivity index (χ1) is 17.1. The minimum Gasteiger partial charge on any atom is -0.508 e. The molecule has 1 heterocycles. The molecule has 0 aliphatic heterocycles. The molecule has 0 unspecified atom stereocenters. The molecular weight excluding hydrogens is 456 g/mol. The maximum absolute atomic E-state index is 9.63. The third-order valence-corrected chi connectivity index (χ3v) is 8.04. The quantitative estimate of drug-likeness (QED) is 0.244. The highest BCUT2D eigenvalue weighted by atomic mass is 32.2. The molecule has 4 nitrogen and oxygen atoms in total. The number of rotatable bonds is 5. The fraction of sp³-hybridized carbons (Fsp3) is 0. The summed E-state index contributed by atoms with van der Waals surface area (Å²) < 4.78 is 14.9. The lowest BCUT2D eigenvalue weighted by molar-refractivity contribution is 0.452. The number of hydrogen-bond acceptors (Lipinski definition) is 4. The molecule has 0 aliphatic rings. The van der Waals surface area contributed by atoms with Gasteiger partial charge in [0.15, 0.2) is 14.3 Å². The Bertz CT molecular complexity index is 1530. The van der Waals surface area contributed by atoms with Crippen molar-refractivity contribution in [1.29, 1.82) is 0 Å². The molecule has 5 heteroatoms. The van der Waals surface area contributed by atoms with E-state index in [1.165, 1.54) is 20.2 Å². The molecule has 2 N–H and O–H groups in total. The van der Waals surface area contributed by atoms with Gasteiger partial charge in [0.2, 0.25) is 0 Å². The van der Waals surface area contributed by atoms with Gasteiger partial charge in [-0.1, -0.05) is 24.3 Å². The van der Waals surface area contributed by atoms with E-state index in [-0.39, 0.29) is 22.0 Å². The van der Waals surface area contributed by atoms with E-state index in [0.717, 1.165) is 4.90 Å². The Morgan fingerprint density at radius 3 is 1.34 bits per heavy atom. The van der Waals surface area contributed by atoms with Crippen molar-refractivity contribution >= 4 is 30.6 Å². The minimum atomic E-state index is -0.324. The SMILES string of the molecule is Oc1ccc(Oc2cc(Oc3ccc(O)cc3)cc(-[s+]3c4ccccc4c4ccccc43)c2)cc1. The Balaban J connectivity index is 1.52. The largest absolute Gasteiger partial charge is 0.508 e. The summed E-state index contributed by atoms with van der Waals surface area (Å²) in [6.07, 6.45) is 0. The van der Waals surface area contributed by atoms with Crippen LogP contribution in [0.25, 0.3) is 25.1 Å². The average Bonchev–Trinajstić information content (AvgIpc) is 3.21. The first kappa shape index (κ1) is 21.1.